The van der Waals surface area contributed by atoms with Crippen LogP contribution < -0.4 is 0 Å². The number of benzene rings is 1. The molecule has 1 amide bonds. The molecule has 1 saturated heterocycles. The molecule has 0 aromatic heterocycles. The number of fused-ring (bicyclic) bond motifs is 1. The Labute approximate surface area is 206 Å². The van der Waals surface area contributed by atoms with E-state index in [1.807, 2.05) is 43.9 Å². The summed E-state index contributed by atoms with van der Waals surface area (Å²) >= 11 is 0. The number of hydrogen-bond acceptors (Lipinski definition) is 4. The molecule has 34 heavy (non-hydrogen) atoms. The van der Waals surface area contributed by atoms with Crippen molar-refractivity contribution in [1.29, 1.82) is 0 Å². The van der Waals surface area contributed by atoms with E-state index in [0.717, 1.165) is 24.2 Å². The van der Waals surface area contributed by atoms with Crippen LogP contribution in [0.3, 0.4) is 0 Å². The zero-order valence-electron chi connectivity index (χ0n) is 21.8. The van der Waals surface area contributed by atoms with Crippen molar-refractivity contribution in [2.24, 2.45) is 5.92 Å². The second-order valence-electron chi connectivity index (χ2n) is 10.6. The van der Waals surface area contributed by atoms with E-state index < -0.39 is 5.60 Å². The number of hydrogen-bond donors (Lipinski definition) is 0. The Morgan fingerprint density at radius 2 is 1.91 bits per heavy atom. The van der Waals surface area contributed by atoms with E-state index in [0.29, 0.717) is 32.1 Å². The molecule has 5 nitrogen and oxygen atoms in total. The Bertz CT molecular complexity index is 919. The van der Waals surface area contributed by atoms with Gasteiger partial charge in [-0.2, -0.15) is 0 Å². The van der Waals surface area contributed by atoms with Crippen LogP contribution in [-0.4, -0.2) is 59.9 Å². The van der Waals surface area contributed by atoms with Crippen molar-refractivity contribution in [2.45, 2.75) is 78.5 Å². The third-order valence-electron chi connectivity index (χ3n) is 6.86. The van der Waals surface area contributed by atoms with Crippen molar-refractivity contribution in [1.82, 2.24) is 9.80 Å². The molecule has 3 unspecified atom stereocenters. The zero-order valence-corrected chi connectivity index (χ0v) is 21.8. The fourth-order valence-electron chi connectivity index (χ4n) is 4.61. The minimum absolute atomic E-state index is 0.0695. The van der Waals surface area contributed by atoms with Gasteiger partial charge in [-0.05, 0) is 0 Å². The van der Waals surface area contributed by atoms with Crippen molar-refractivity contribution in [3.63, 3.8) is 0 Å². The Hall–Kier alpha value is -2.50. The number of carbonyl (C=O) groups excluding carboxylic acids is 1. The van der Waals surface area contributed by atoms with Gasteiger partial charge in [0.05, 0.1) is 0 Å². The van der Waals surface area contributed by atoms with E-state index >= 15 is 0 Å². The summed E-state index contributed by atoms with van der Waals surface area (Å²) in [5.41, 5.74) is 3.16. The molecule has 1 aromatic rings. The van der Waals surface area contributed by atoms with Gasteiger partial charge < -0.3 is 0 Å². The third kappa shape index (κ3) is 6.77. The summed E-state index contributed by atoms with van der Waals surface area (Å²) in [6.07, 6.45) is 3.92. The minimum atomic E-state index is -0.514. The summed E-state index contributed by atoms with van der Waals surface area (Å²) in [7, 11) is 0. The molecule has 1 aromatic carbocycles. The predicted octanol–water partition coefficient (Wildman–Crippen LogP) is 5.66. The molecule has 2 aliphatic rings. The number of allylic oxidation sites excluding steroid dienone is 2. The summed E-state index contributed by atoms with van der Waals surface area (Å²) in [5, 5.41) is 0. The van der Waals surface area contributed by atoms with Crippen LogP contribution in [0.2, 0.25) is 5.82 Å². The topological polar surface area (TPSA) is 42.0 Å². The van der Waals surface area contributed by atoms with E-state index in [4.69, 9.17) is 9.47 Å². The predicted molar refractivity (Wildman–Crippen MR) is 141 cm³/mol. The van der Waals surface area contributed by atoms with Crippen LogP contribution in [0, 0.1) is 5.92 Å². The first-order chi connectivity index (χ1) is 16.1. The van der Waals surface area contributed by atoms with Gasteiger partial charge in [-0.25, -0.2) is 0 Å². The Kier molecular flexibility index (Phi) is 8.67. The van der Waals surface area contributed by atoms with E-state index in [2.05, 4.69) is 57.4 Å². The molecule has 0 bridgehead atoms. The van der Waals surface area contributed by atoms with Crippen molar-refractivity contribution in [2.75, 3.05) is 19.6 Å². The van der Waals surface area contributed by atoms with E-state index in [1.165, 1.54) is 11.1 Å². The monoisotopic (exact) mass is 464 g/mol. The molecule has 184 valence electrons. The maximum atomic E-state index is 12.9. The molecule has 0 spiro atoms. The first kappa shape index (κ1) is 26.1. The Morgan fingerprint density at radius 1 is 1.21 bits per heavy atom. The molecule has 3 atom stereocenters. The molecule has 0 N–H and O–H groups in total. The average Bonchev–Trinajstić information content (AvgIpc) is 2.81. The van der Waals surface area contributed by atoms with Crippen LogP contribution in [0.4, 0.5) is 4.79 Å². The SMILES string of the molecule is C=C1C/C=C(/C)C(CC)B=C(OCc2ccccc2)N2CCN(C(=O)OC(C)(C)C)CC2C1C. The second kappa shape index (κ2) is 11.3. The molecular weight excluding hydrogens is 423 g/mol. The van der Waals surface area contributed by atoms with Crippen LogP contribution >= 0.6 is 0 Å². The van der Waals surface area contributed by atoms with Gasteiger partial charge in [0.15, 0.2) is 0 Å². The zero-order chi connectivity index (χ0) is 24.9. The Balaban J connectivity index is 1.93. The van der Waals surface area contributed by atoms with Crippen LogP contribution in [-0.2, 0) is 16.1 Å². The van der Waals surface area contributed by atoms with Crippen LogP contribution in [0.15, 0.2) is 54.1 Å². The molecule has 0 radical (unpaired) electrons. The molecule has 1 fully saturated rings. The fourth-order valence-corrected chi connectivity index (χ4v) is 4.61. The van der Waals surface area contributed by atoms with Crippen LogP contribution in [0.25, 0.3) is 0 Å². The number of piperazine rings is 1. The van der Waals surface area contributed by atoms with Gasteiger partial charge in [0.1, 0.15) is 0 Å². The van der Waals surface area contributed by atoms with Gasteiger partial charge in [0, 0.05) is 0 Å². The molecule has 0 saturated carbocycles. The number of carbonyl (C=O) groups is 1. The average molecular weight is 464 g/mol. The van der Waals surface area contributed by atoms with Gasteiger partial charge in [0.25, 0.3) is 0 Å². The van der Waals surface area contributed by atoms with Crippen LogP contribution in [0.1, 0.15) is 59.9 Å². The normalized spacial score (nSPS) is 25.4. The summed E-state index contributed by atoms with van der Waals surface area (Å²) in [6.45, 7) is 21.5. The summed E-state index contributed by atoms with van der Waals surface area (Å²) in [5.74, 6) is 1.39. The number of ether oxygens (including phenoxy) is 2. The summed E-state index contributed by atoms with van der Waals surface area (Å²) in [6, 6.07) is 10.3. The molecular formula is C28H41BN2O3. The van der Waals surface area contributed by atoms with Crippen molar-refractivity contribution < 1.29 is 14.3 Å². The summed E-state index contributed by atoms with van der Waals surface area (Å²) < 4.78 is 12.2. The molecule has 6 heteroatoms. The fraction of sp³-hybridized carbons (Fsp3) is 0.571. The number of amides is 1. The van der Waals surface area contributed by atoms with E-state index in [9.17, 15) is 4.79 Å². The van der Waals surface area contributed by atoms with Gasteiger partial charge in [0.2, 0.25) is 0 Å². The first-order valence-corrected chi connectivity index (χ1v) is 12.6. The molecule has 3 rings (SSSR count). The van der Waals surface area contributed by atoms with Crippen molar-refractivity contribution in [3.05, 3.63) is 59.7 Å². The standard InChI is InChI=1S/C28H41BN2O3/c1-8-24-21(3)15-14-20(2)22(4)25-18-30(27(32)34-28(5,6)7)16-17-31(25)26(29-24)33-19-23-12-10-9-11-13-23/h9-13,15,22,24-25H,2,8,14,16-19H2,1,3-7H3/b21-15-. The van der Waals surface area contributed by atoms with Crippen LogP contribution in [0.5, 0.6) is 0 Å². The Morgan fingerprint density at radius 3 is 2.56 bits per heavy atom. The molecule has 2 aliphatic heterocycles. The van der Waals surface area contributed by atoms with Crippen molar-refractivity contribution in [3.8, 4) is 0 Å². The van der Waals surface area contributed by atoms with E-state index in [-0.39, 0.29) is 18.1 Å². The second-order valence-corrected chi connectivity index (χ2v) is 10.6. The molecule has 0 aliphatic carbocycles. The van der Waals surface area contributed by atoms with Crippen molar-refractivity contribution >= 4 is 18.8 Å². The van der Waals surface area contributed by atoms with E-state index in [1.54, 1.807) is 0 Å². The first-order valence-electron chi connectivity index (χ1n) is 12.6. The van der Waals surface area contributed by atoms with Gasteiger partial charge in [-0.3, -0.25) is 0 Å². The van der Waals surface area contributed by atoms with Gasteiger partial charge in [-0.15, -0.1) is 0 Å². The van der Waals surface area contributed by atoms with Gasteiger partial charge >= 0.3 is 207 Å². The quantitative estimate of drug-likeness (QED) is 0.426. The molecule has 2 heterocycles. The third-order valence-corrected chi connectivity index (χ3v) is 6.86. The number of nitrogens with zero attached hydrogens (tertiary/aromatic N) is 2. The maximum absolute atomic E-state index is 12.9. The number of rotatable bonds is 4. The summed E-state index contributed by atoms with van der Waals surface area (Å²) in [4.78, 5) is 17.1. The van der Waals surface area contributed by atoms with Gasteiger partial charge in [-0.1, -0.05) is 0 Å².